The van der Waals surface area contributed by atoms with E-state index < -0.39 is 13.5 Å². The second-order valence-corrected chi connectivity index (χ2v) is 2.29. The normalized spacial score (nSPS) is 18.2. The number of hydrogen-bond acceptors (Lipinski definition) is 3. The van der Waals surface area contributed by atoms with E-state index in [2.05, 4.69) is 4.74 Å². The molecule has 0 spiro atoms. The Labute approximate surface area is 78.8 Å². The number of phenols is 1. The minimum absolute atomic E-state index is 0.107. The zero-order valence-electron chi connectivity index (χ0n) is 11.4. The van der Waals surface area contributed by atoms with Gasteiger partial charge in [-0.1, -0.05) is 6.07 Å². The molecule has 1 aromatic carbocycles. The fourth-order valence-electron chi connectivity index (χ4n) is 0.868. The molecule has 3 heteroatoms. The minimum Gasteiger partial charge on any atom is -0.504 e. The van der Waals surface area contributed by atoms with Gasteiger partial charge in [-0.05, 0) is 30.6 Å². The Morgan fingerprint density at radius 1 is 1.75 bits per heavy atom. The molecule has 1 rings (SSSR count). The van der Waals surface area contributed by atoms with Crippen molar-refractivity contribution in [3.8, 4) is 11.5 Å². The number of methoxy groups -OCH3 is 1. The molecule has 0 aromatic heterocycles. The van der Waals surface area contributed by atoms with Crippen LogP contribution in [0.5, 0.6) is 11.5 Å². The summed E-state index contributed by atoms with van der Waals surface area (Å²) in [7, 11) is -2.67. The van der Waals surface area contributed by atoms with E-state index in [1.807, 2.05) is 0 Å². The number of hydrogen-bond donors (Lipinski definition) is 2. The topological polar surface area (TPSA) is 55.5 Å². The summed E-state index contributed by atoms with van der Waals surface area (Å²) in [5, 5.41) is 9.40. The van der Waals surface area contributed by atoms with Crippen LogP contribution in [0, 0.1) is 0 Å². The van der Waals surface area contributed by atoms with Crippen LogP contribution in [-0.2, 0) is 6.42 Å². The quantitative estimate of drug-likeness (QED) is 0.712. The average molecular weight is 172 g/mol. The monoisotopic (exact) mass is 172 g/mol. The van der Waals surface area contributed by atoms with Gasteiger partial charge in [0.25, 0.3) is 0 Å². The molecular formula is C9H13NO2. The summed E-state index contributed by atoms with van der Waals surface area (Å²) in [5.74, 6) is -0.533. The summed E-state index contributed by atoms with van der Waals surface area (Å²) in [6.07, 6.45) is -0.107. The molecule has 0 bridgehead atoms. The highest BCUT2D eigenvalue weighted by atomic mass is 16.5. The van der Waals surface area contributed by atoms with Gasteiger partial charge in [0.15, 0.2) is 11.5 Å². The third-order valence-electron chi connectivity index (χ3n) is 1.44. The third kappa shape index (κ3) is 1.89. The molecule has 0 aliphatic heterocycles. The molecule has 3 nitrogen and oxygen atoms in total. The second kappa shape index (κ2) is 3.97. The summed E-state index contributed by atoms with van der Waals surface area (Å²) < 4.78 is 39.7. The van der Waals surface area contributed by atoms with E-state index >= 15 is 0 Å². The Morgan fingerprint density at radius 2 is 2.58 bits per heavy atom. The number of phenolic OH excluding ortho intramolecular Hbond substituents is 1. The van der Waals surface area contributed by atoms with Crippen molar-refractivity contribution in [3.05, 3.63) is 23.8 Å². The van der Waals surface area contributed by atoms with Gasteiger partial charge in [-0.25, -0.2) is 0 Å². The van der Waals surface area contributed by atoms with E-state index in [4.69, 9.17) is 12.6 Å². The molecule has 0 saturated carbocycles. The molecule has 0 fully saturated rings. The van der Waals surface area contributed by atoms with Crippen molar-refractivity contribution in [2.75, 3.05) is 13.5 Å². The SMILES string of the molecule is [2H]C([2H])(N)Cc1ccc(O)c(OC([2H])([2H])[2H])c1. The van der Waals surface area contributed by atoms with Gasteiger partial charge in [-0.3, -0.25) is 0 Å². The fourth-order valence-corrected chi connectivity index (χ4v) is 0.868. The third-order valence-corrected chi connectivity index (χ3v) is 1.44. The van der Waals surface area contributed by atoms with Crippen LogP contribution in [0.1, 0.15) is 12.4 Å². The molecule has 0 atom stereocenters. The molecule has 0 aliphatic carbocycles. The largest absolute Gasteiger partial charge is 0.504 e. The number of ether oxygens (including phenoxy) is 1. The van der Waals surface area contributed by atoms with Crippen molar-refractivity contribution in [2.45, 2.75) is 6.42 Å². The lowest BCUT2D eigenvalue weighted by Gasteiger charge is -2.05. The van der Waals surface area contributed by atoms with Crippen molar-refractivity contribution < 1.29 is 16.7 Å². The van der Waals surface area contributed by atoms with Crippen LogP contribution >= 0.6 is 0 Å². The van der Waals surface area contributed by atoms with Gasteiger partial charge in [0, 0.05) is 2.74 Å². The highest BCUT2D eigenvalue weighted by Crippen LogP contribution is 2.26. The lowest BCUT2D eigenvalue weighted by atomic mass is 10.1. The van der Waals surface area contributed by atoms with Gasteiger partial charge in [0.05, 0.1) is 11.2 Å². The lowest BCUT2D eigenvalue weighted by molar-refractivity contribution is 0.373. The molecule has 66 valence electrons. The maximum absolute atomic E-state index is 9.40. The summed E-state index contributed by atoms with van der Waals surface area (Å²) in [4.78, 5) is 0. The van der Waals surface area contributed by atoms with Crippen LogP contribution in [0.3, 0.4) is 0 Å². The second-order valence-electron chi connectivity index (χ2n) is 2.29. The Bertz CT molecular complexity index is 399. The molecule has 0 heterocycles. The van der Waals surface area contributed by atoms with Crippen LogP contribution < -0.4 is 10.5 Å². The van der Waals surface area contributed by atoms with Gasteiger partial charge in [-0.15, -0.1) is 0 Å². The molecule has 3 N–H and O–H groups in total. The highest BCUT2D eigenvalue weighted by Gasteiger charge is 2.00. The van der Waals surface area contributed by atoms with Crippen molar-refractivity contribution in [2.24, 2.45) is 5.73 Å². The zero-order valence-corrected chi connectivity index (χ0v) is 6.37. The fraction of sp³-hybridized carbons (Fsp3) is 0.333. The van der Waals surface area contributed by atoms with E-state index in [0.29, 0.717) is 5.56 Å². The number of aryl methyl sites for hydroxylation is 1. The molecule has 0 aliphatic rings. The van der Waals surface area contributed by atoms with E-state index in [0.717, 1.165) is 0 Å². The summed E-state index contributed by atoms with van der Waals surface area (Å²) in [6.45, 7) is -1.91. The van der Waals surface area contributed by atoms with Gasteiger partial charge >= 0.3 is 0 Å². The average Bonchev–Trinajstić information content (AvgIpc) is 2.05. The first-order valence-corrected chi connectivity index (χ1v) is 3.37. The smallest absolute Gasteiger partial charge is 0.160 e. The molecule has 12 heavy (non-hydrogen) atoms. The van der Waals surface area contributed by atoms with E-state index in [1.165, 1.54) is 18.2 Å². The first-order valence-electron chi connectivity index (χ1n) is 5.87. The van der Waals surface area contributed by atoms with Gasteiger partial charge in [0.2, 0.25) is 0 Å². The first kappa shape index (κ1) is 4.14. The number of rotatable bonds is 3. The van der Waals surface area contributed by atoms with E-state index in [9.17, 15) is 5.11 Å². The summed E-state index contributed by atoms with van der Waals surface area (Å²) in [6, 6.07) is 3.95. The highest BCUT2D eigenvalue weighted by molar-refractivity contribution is 5.41. The van der Waals surface area contributed by atoms with Crippen molar-refractivity contribution in [1.82, 2.24) is 0 Å². The Balaban J connectivity index is 2.95. The minimum atomic E-state index is -2.67. The Kier molecular flexibility index (Phi) is 1.37. The number of nitrogens with two attached hydrogens (primary N) is 1. The Morgan fingerprint density at radius 3 is 3.25 bits per heavy atom. The van der Waals surface area contributed by atoms with E-state index in [1.54, 1.807) is 0 Å². The van der Waals surface area contributed by atoms with Crippen LogP contribution in [0.25, 0.3) is 0 Å². The maximum Gasteiger partial charge on any atom is 0.160 e. The van der Waals surface area contributed by atoms with Gasteiger partial charge < -0.3 is 15.6 Å². The summed E-state index contributed by atoms with van der Waals surface area (Å²) >= 11 is 0. The van der Waals surface area contributed by atoms with Crippen LogP contribution in [0.2, 0.25) is 0 Å². The van der Waals surface area contributed by atoms with Gasteiger partial charge in [-0.2, -0.15) is 0 Å². The van der Waals surface area contributed by atoms with Crippen LogP contribution in [0.4, 0.5) is 0 Å². The molecular weight excluding hydrogens is 154 g/mol. The first-order chi connectivity index (χ1) is 7.57. The van der Waals surface area contributed by atoms with Crippen LogP contribution in [0.15, 0.2) is 18.2 Å². The predicted octanol–water partition coefficient (Wildman–Crippen LogP) is 0.902. The number of benzene rings is 1. The van der Waals surface area contributed by atoms with Crippen molar-refractivity contribution >= 4 is 0 Å². The van der Waals surface area contributed by atoms with Gasteiger partial charge in [0.1, 0.15) is 0 Å². The number of aromatic hydroxyl groups is 1. The molecule has 0 saturated heterocycles. The van der Waals surface area contributed by atoms with E-state index in [-0.39, 0.29) is 17.9 Å². The predicted molar refractivity (Wildman–Crippen MR) is 47.4 cm³/mol. The molecule has 0 amide bonds. The lowest BCUT2D eigenvalue weighted by Crippen LogP contribution is -2.02. The maximum atomic E-state index is 9.40. The summed E-state index contributed by atoms with van der Waals surface area (Å²) in [5.41, 5.74) is 5.64. The van der Waals surface area contributed by atoms with Crippen molar-refractivity contribution in [3.63, 3.8) is 0 Å². The molecule has 0 radical (unpaired) electrons. The zero-order chi connectivity index (χ0) is 13.3. The standard InChI is InChI=1S/C9H13NO2/c1-12-9-6-7(4-5-10)2-3-8(9)11/h2-3,6,11H,4-5,10H2,1H3/i1D3,5D2. The molecule has 0 unspecified atom stereocenters. The van der Waals surface area contributed by atoms with Crippen LogP contribution in [-0.4, -0.2) is 18.6 Å². The molecule has 1 aromatic rings. The Hall–Kier alpha value is -1.22. The van der Waals surface area contributed by atoms with Crippen molar-refractivity contribution in [1.29, 1.82) is 0 Å².